The van der Waals surface area contributed by atoms with Crippen LogP contribution in [0.3, 0.4) is 0 Å². The predicted octanol–water partition coefficient (Wildman–Crippen LogP) is 4.26. The molecule has 0 radical (unpaired) electrons. The minimum absolute atomic E-state index is 0.0687. The lowest BCUT2D eigenvalue weighted by Gasteiger charge is -2.42. The highest BCUT2D eigenvalue weighted by Gasteiger charge is 2.64. The predicted molar refractivity (Wildman–Crippen MR) is 202 cm³/mol. The van der Waals surface area contributed by atoms with E-state index in [1.165, 1.54) is 30.8 Å². The molecule has 2 saturated heterocycles. The fraction of sp³-hybridized carbons (Fsp3) is 0.605. The summed E-state index contributed by atoms with van der Waals surface area (Å²) in [4.78, 5) is 68.3. The maximum atomic E-state index is 14.1. The topological polar surface area (TPSA) is 175 Å². The number of alkyl carbamates (subject to hydrolysis) is 1. The van der Waals surface area contributed by atoms with Crippen molar-refractivity contribution in [1.29, 1.82) is 0 Å². The number of allylic oxidation sites excluding steroid dienone is 3. The third-order valence-corrected chi connectivity index (χ3v) is 12.0. The zero-order valence-corrected chi connectivity index (χ0v) is 33.1. The van der Waals surface area contributed by atoms with Crippen LogP contribution in [-0.4, -0.2) is 107 Å². The second kappa shape index (κ2) is 16.9. The Kier molecular flexibility index (Phi) is 13.5. The van der Waals surface area contributed by atoms with Gasteiger partial charge in [0.1, 0.15) is 23.9 Å². The number of likely N-dealkylation sites (N-methyl/N-ethyl adjacent to an activating group) is 1. The molecule has 292 valence electrons. The Morgan fingerprint density at radius 1 is 1.26 bits per heavy atom. The van der Waals surface area contributed by atoms with Gasteiger partial charge in [0.15, 0.2) is 12.0 Å². The van der Waals surface area contributed by atoms with E-state index in [0.717, 1.165) is 5.57 Å². The van der Waals surface area contributed by atoms with E-state index >= 15 is 0 Å². The number of benzene rings is 1. The van der Waals surface area contributed by atoms with Gasteiger partial charge in [-0.05, 0) is 50.8 Å². The smallest absolute Gasteiger partial charge is 0.409 e. The summed E-state index contributed by atoms with van der Waals surface area (Å²) in [5.41, 5.74) is -1.17. The molecule has 3 aliphatic rings. The van der Waals surface area contributed by atoms with E-state index in [1.807, 2.05) is 20.8 Å². The molecule has 53 heavy (non-hydrogen) atoms. The van der Waals surface area contributed by atoms with E-state index in [2.05, 4.69) is 17.9 Å². The van der Waals surface area contributed by atoms with Crippen LogP contribution in [0.4, 0.5) is 10.5 Å². The number of fused-ring (bicyclic) bond motifs is 5. The largest absolute Gasteiger partial charge is 0.457 e. The van der Waals surface area contributed by atoms with Crippen molar-refractivity contribution in [2.24, 2.45) is 17.8 Å². The van der Waals surface area contributed by atoms with E-state index in [0.29, 0.717) is 18.3 Å². The Balaban J connectivity index is 1.75. The van der Waals surface area contributed by atoms with Crippen LogP contribution in [0.5, 0.6) is 0 Å². The number of nitrogens with one attached hydrogen (secondary N) is 1. The van der Waals surface area contributed by atoms with E-state index in [1.54, 1.807) is 44.2 Å². The third kappa shape index (κ3) is 9.45. The second-order valence-electron chi connectivity index (χ2n) is 15.1. The highest BCUT2D eigenvalue weighted by molar-refractivity contribution is 7.81. The van der Waals surface area contributed by atoms with E-state index in [9.17, 15) is 34.2 Å². The average Bonchev–Trinajstić information content (AvgIpc) is 3.80. The van der Waals surface area contributed by atoms with E-state index < -0.39 is 72.1 Å². The highest BCUT2D eigenvalue weighted by atomic mass is 35.5. The molecular weight excluding hydrogens is 726 g/mol. The van der Waals surface area contributed by atoms with Gasteiger partial charge >= 0.3 is 12.1 Å². The molecule has 13 nitrogen and oxygen atoms in total. The number of esters is 1. The van der Waals surface area contributed by atoms with Crippen LogP contribution in [0.25, 0.3) is 0 Å². The molecule has 4 bridgehead atoms. The van der Waals surface area contributed by atoms with E-state index in [-0.39, 0.29) is 52.6 Å². The van der Waals surface area contributed by atoms with Gasteiger partial charge in [0.25, 0.3) is 0 Å². The molecule has 3 N–H and O–H groups in total. The van der Waals surface area contributed by atoms with Gasteiger partial charge in [0.05, 0.1) is 29.8 Å². The first kappa shape index (κ1) is 42.3. The molecule has 4 rings (SSSR count). The molecule has 1 aromatic rings. The van der Waals surface area contributed by atoms with Crippen LogP contribution in [0.2, 0.25) is 5.02 Å². The minimum atomic E-state index is -1.88. The van der Waals surface area contributed by atoms with Crippen molar-refractivity contribution >= 4 is 60.1 Å². The van der Waals surface area contributed by atoms with Crippen LogP contribution in [0.15, 0.2) is 35.9 Å². The van der Waals surface area contributed by atoms with Crippen molar-refractivity contribution in [2.75, 3.05) is 25.6 Å². The average molecular weight is 778 g/mol. The minimum Gasteiger partial charge on any atom is -0.457 e. The molecule has 0 aliphatic carbocycles. The maximum absolute atomic E-state index is 14.1. The monoisotopic (exact) mass is 777 g/mol. The number of nitrogens with zero attached hydrogens (tertiary/aromatic N) is 2. The van der Waals surface area contributed by atoms with Gasteiger partial charge in [-0.3, -0.25) is 19.7 Å². The standard InChI is InChI=1S/C38H52ClN3O10S/c1-20(2)29(53)15-31(45)41(7)23(5)35(47)51-30-16-32(46)42(8)27-14-24(13-25(18-43)33(27)39)12-21(3)10-9-11-26(19-44)38(49)17-28(50-36(48)40-38)22(4)34-37(30,6)52-34/h9-11,13-14,18,20,22-23,26,28-30,34,44,49,53H,12,15-17,19H2,1-8H3,(H,40,48)/b11-9+,21-10+/t22-,23+,26+,28+,29?,30+,34+,37+,38+/m1/s1. The number of anilines is 1. The number of carbonyl (C=O) groups excluding carboxylic acids is 5. The molecule has 1 unspecified atom stereocenters. The fourth-order valence-electron chi connectivity index (χ4n) is 6.80. The molecule has 0 aromatic heterocycles. The summed E-state index contributed by atoms with van der Waals surface area (Å²) >= 11 is 11.1. The van der Waals surface area contributed by atoms with Crippen molar-refractivity contribution < 1.29 is 48.4 Å². The Hall–Kier alpha value is -3.43. The Morgan fingerprint density at radius 3 is 2.57 bits per heavy atom. The molecule has 0 spiro atoms. The van der Waals surface area contributed by atoms with Crippen molar-refractivity contribution in [3.63, 3.8) is 0 Å². The highest BCUT2D eigenvalue weighted by Crippen LogP contribution is 2.49. The first-order valence-corrected chi connectivity index (χ1v) is 18.7. The molecule has 2 fully saturated rings. The summed E-state index contributed by atoms with van der Waals surface area (Å²) in [7, 11) is 3.01. The second-order valence-corrected chi connectivity index (χ2v) is 16.1. The number of carbonyl (C=O) groups is 5. The lowest BCUT2D eigenvalue weighted by molar-refractivity contribution is -0.162. The van der Waals surface area contributed by atoms with Crippen LogP contribution in [0.1, 0.15) is 76.7 Å². The normalized spacial score (nSPS) is 31.9. The first-order chi connectivity index (χ1) is 24.8. The Bertz CT molecular complexity index is 1650. The first-order valence-electron chi connectivity index (χ1n) is 17.8. The molecular formula is C38H52ClN3O10S. The summed E-state index contributed by atoms with van der Waals surface area (Å²) in [5.74, 6) is -2.94. The number of rotatable bonds is 8. The summed E-state index contributed by atoms with van der Waals surface area (Å²) < 4.78 is 17.9. The van der Waals surface area contributed by atoms with Gasteiger partial charge in [0.2, 0.25) is 11.8 Å². The van der Waals surface area contributed by atoms with Gasteiger partial charge in [-0.2, -0.15) is 12.6 Å². The van der Waals surface area contributed by atoms with Crippen LogP contribution in [-0.2, 0) is 35.0 Å². The number of hydrogen-bond acceptors (Lipinski definition) is 11. The quantitative estimate of drug-likeness (QED) is 0.129. The molecule has 1 aromatic carbocycles. The van der Waals surface area contributed by atoms with Crippen molar-refractivity contribution in [3.05, 3.63) is 52.1 Å². The van der Waals surface area contributed by atoms with Crippen molar-refractivity contribution in [3.8, 4) is 0 Å². The summed E-state index contributed by atoms with van der Waals surface area (Å²) in [5, 5.41) is 24.3. The molecule has 3 amide bonds. The lowest BCUT2D eigenvalue weighted by Crippen LogP contribution is -2.62. The SMILES string of the molecule is C/C1=C\C=C\[C@@H](CO)[C@@]2(O)C[C@H](OC(=O)N2)[C@@H](C)[C@@H]2O[C@@]2(C)[C@@H](OC(=O)[C@H](C)N(C)C(=O)CC(S)C(C)C)CC(=O)N(C)c2cc(cc(C=O)c2Cl)C1. The van der Waals surface area contributed by atoms with Crippen molar-refractivity contribution in [2.45, 2.75) is 108 Å². The zero-order valence-electron chi connectivity index (χ0n) is 31.5. The number of ether oxygens (including phenoxy) is 3. The zero-order chi connectivity index (χ0) is 39.6. The lowest BCUT2D eigenvalue weighted by atomic mass is 9.81. The number of halogens is 1. The molecule has 3 heterocycles. The Labute approximate surface area is 321 Å². The van der Waals surface area contributed by atoms with Crippen molar-refractivity contribution in [1.82, 2.24) is 10.2 Å². The molecule has 3 aliphatic heterocycles. The number of thiol groups is 1. The van der Waals surface area contributed by atoms with Gasteiger partial charge < -0.3 is 34.2 Å². The van der Waals surface area contributed by atoms with Crippen LogP contribution < -0.4 is 10.2 Å². The van der Waals surface area contributed by atoms with Crippen LogP contribution in [0, 0.1) is 17.8 Å². The molecule has 9 atom stereocenters. The summed E-state index contributed by atoms with van der Waals surface area (Å²) in [6.07, 6.45) is 1.95. The Morgan fingerprint density at radius 2 is 1.94 bits per heavy atom. The number of amides is 3. The third-order valence-electron chi connectivity index (χ3n) is 10.8. The van der Waals surface area contributed by atoms with E-state index in [4.69, 9.17) is 25.8 Å². The molecule has 0 saturated carbocycles. The van der Waals surface area contributed by atoms with Crippen LogP contribution >= 0.6 is 24.2 Å². The summed E-state index contributed by atoms with van der Waals surface area (Å²) in [6.45, 7) is 10.2. The number of hydrogen-bond donors (Lipinski definition) is 4. The number of epoxide rings is 1. The number of aldehydes is 1. The molecule has 15 heteroatoms. The van der Waals surface area contributed by atoms with Gasteiger partial charge in [-0.1, -0.05) is 56.2 Å². The maximum Gasteiger partial charge on any atom is 0.409 e. The number of aliphatic hydroxyl groups excluding tert-OH is 1. The van der Waals surface area contributed by atoms with Gasteiger partial charge in [0, 0.05) is 49.6 Å². The van der Waals surface area contributed by atoms with Gasteiger partial charge in [-0.25, -0.2) is 9.59 Å². The van der Waals surface area contributed by atoms with Gasteiger partial charge in [-0.15, -0.1) is 0 Å². The number of aliphatic hydroxyl groups is 2. The summed E-state index contributed by atoms with van der Waals surface area (Å²) in [6, 6.07) is 2.30. The fourth-order valence-corrected chi connectivity index (χ4v) is 7.23.